The molecule has 0 amide bonds. The van der Waals surface area contributed by atoms with Crippen LogP contribution in [0.25, 0.3) is 10.8 Å². The Kier molecular flexibility index (Phi) is 7.37. The van der Waals surface area contributed by atoms with E-state index in [0.29, 0.717) is 6.07 Å². The minimum atomic E-state index is -4.72. The minimum Gasteiger partial charge on any atom is -0.872 e. The number of benzene rings is 2. The van der Waals surface area contributed by atoms with Crippen LogP contribution in [0.2, 0.25) is 0 Å². The zero-order valence-corrected chi connectivity index (χ0v) is 16.7. The van der Waals surface area contributed by atoms with Crippen LogP contribution in [-0.4, -0.2) is 25.9 Å². The van der Waals surface area contributed by atoms with Gasteiger partial charge in [-0.3, -0.25) is 4.55 Å². The molecule has 0 heterocycles. The molecule has 0 unspecified atom stereocenters. The van der Waals surface area contributed by atoms with Crippen molar-refractivity contribution in [3.05, 3.63) is 30.3 Å². The van der Waals surface area contributed by atoms with Crippen LogP contribution in [0.15, 0.2) is 40.1 Å². The molecule has 11 heteroatoms. The third-order valence-corrected chi connectivity index (χ3v) is 4.15. The van der Waals surface area contributed by atoms with Crippen LogP contribution in [0.3, 0.4) is 0 Å². The molecule has 2 rings (SSSR count). The number of fused-ring (bicyclic) bond motifs is 1. The molecule has 2 aromatic carbocycles. The van der Waals surface area contributed by atoms with Gasteiger partial charge in [-0.05, 0) is 23.6 Å². The van der Waals surface area contributed by atoms with E-state index < -0.39 is 35.8 Å². The second kappa shape index (κ2) is 7.26. The molecular weight excluding hydrogens is 342 g/mol. The van der Waals surface area contributed by atoms with Crippen molar-refractivity contribution in [2.24, 2.45) is 0 Å². The molecule has 0 aliphatic rings. The smallest absolute Gasteiger partial charge is 0.872 e. The monoisotopic (exact) mass is 348 g/mol. The number of rotatable bonds is 2. The quantitative estimate of drug-likeness (QED) is 0.422. The van der Waals surface area contributed by atoms with Gasteiger partial charge < -0.3 is 9.66 Å². The third-order valence-electron chi connectivity index (χ3n) is 2.43. The van der Waals surface area contributed by atoms with Crippen molar-refractivity contribution >= 4 is 31.0 Å². The summed E-state index contributed by atoms with van der Waals surface area (Å²) in [4.78, 5) is -1.23. The molecule has 0 fully saturated rings. The fourth-order valence-electron chi connectivity index (χ4n) is 1.66. The van der Waals surface area contributed by atoms with Gasteiger partial charge in [0, 0.05) is 5.39 Å². The summed E-state index contributed by atoms with van der Waals surface area (Å²) < 4.78 is 63.8. The first-order valence-corrected chi connectivity index (χ1v) is 7.62. The van der Waals surface area contributed by atoms with Crippen molar-refractivity contribution < 1.29 is 90.2 Å². The Morgan fingerprint density at radius 2 is 1.52 bits per heavy atom. The molecule has 0 atom stereocenters. The van der Waals surface area contributed by atoms with Crippen molar-refractivity contribution in [2.45, 2.75) is 9.79 Å². The van der Waals surface area contributed by atoms with Crippen molar-refractivity contribution in [3.63, 3.8) is 0 Å². The zero-order chi connectivity index (χ0) is 14.4. The summed E-state index contributed by atoms with van der Waals surface area (Å²) >= 11 is 0. The topological polar surface area (TPSA) is 135 Å². The van der Waals surface area contributed by atoms with Gasteiger partial charge in [0.25, 0.3) is 10.1 Å². The second-order valence-corrected chi connectivity index (χ2v) is 6.50. The predicted octanol–water partition coefficient (Wildman–Crippen LogP) is -5.93. The zero-order valence-electron chi connectivity index (χ0n) is 11.1. The summed E-state index contributed by atoms with van der Waals surface area (Å²) in [6.45, 7) is 0. The van der Waals surface area contributed by atoms with E-state index in [1.54, 1.807) is 0 Å². The molecule has 0 aliphatic carbocycles. The number of hydrogen-bond donors (Lipinski definition) is 1. The average molecular weight is 348 g/mol. The van der Waals surface area contributed by atoms with Gasteiger partial charge in [-0.15, -0.1) is 5.75 Å². The Balaban J connectivity index is 0.00000200. The van der Waals surface area contributed by atoms with Crippen LogP contribution in [0.1, 0.15) is 0 Å². The van der Waals surface area contributed by atoms with Gasteiger partial charge in [-0.1, -0.05) is 12.1 Å². The summed E-state index contributed by atoms with van der Waals surface area (Å²) in [5.41, 5.74) is 0. The molecule has 102 valence electrons. The first-order chi connectivity index (χ1) is 8.59. The Labute approximate surface area is 165 Å². The van der Waals surface area contributed by atoms with Crippen LogP contribution in [0, 0.1) is 0 Å². The Bertz CT molecular complexity index is 876. The fraction of sp³-hybridized carbons (Fsp3) is 0. The molecule has 21 heavy (non-hydrogen) atoms. The van der Waals surface area contributed by atoms with E-state index in [4.69, 9.17) is 4.55 Å². The van der Waals surface area contributed by atoms with E-state index in [9.17, 15) is 26.5 Å². The van der Waals surface area contributed by atoms with Gasteiger partial charge in [0.1, 0.15) is 15.0 Å². The largest absolute Gasteiger partial charge is 1.00 e. The van der Waals surface area contributed by atoms with Gasteiger partial charge >= 0.3 is 59.1 Å². The maximum Gasteiger partial charge on any atom is 1.00 e. The Hall–Kier alpha value is 0.320. The van der Waals surface area contributed by atoms with Gasteiger partial charge in [0.2, 0.25) is 0 Å². The van der Waals surface area contributed by atoms with E-state index in [1.165, 1.54) is 0 Å². The first kappa shape index (κ1) is 21.3. The molecule has 0 bridgehead atoms. The molecular formula is C10H6Na2O7S2. The van der Waals surface area contributed by atoms with Crippen LogP contribution in [0.4, 0.5) is 0 Å². The summed E-state index contributed by atoms with van der Waals surface area (Å²) in [7, 11) is -9.35. The number of hydrogen-bond acceptors (Lipinski definition) is 6. The molecule has 0 spiro atoms. The van der Waals surface area contributed by atoms with Crippen LogP contribution in [-0.2, 0) is 20.2 Å². The summed E-state index contributed by atoms with van der Waals surface area (Å²) in [5, 5.41) is 11.2. The van der Waals surface area contributed by atoms with Gasteiger partial charge in [-0.2, -0.15) is 8.42 Å². The SMILES string of the molecule is O=S(=O)([O-])c1ccc2c(S(=O)(=O)O)cc([O-])cc2c1.[Na+].[Na+]. The molecule has 1 N–H and O–H groups in total. The summed E-state index contributed by atoms with van der Waals surface area (Å²) in [6.07, 6.45) is 0. The van der Waals surface area contributed by atoms with Gasteiger partial charge in [0.05, 0.1) is 4.90 Å². The Morgan fingerprint density at radius 3 is 2.00 bits per heavy atom. The fourth-order valence-corrected chi connectivity index (χ4v) is 2.89. The maximum absolute atomic E-state index is 11.3. The molecule has 0 saturated carbocycles. The maximum atomic E-state index is 11.3. The standard InChI is InChI=1S/C10H8O7S2.2Na/c11-7-3-6-4-8(18(12,13)14)1-2-9(6)10(5-7)19(15,16)17;;/h1-5,11H,(H,12,13,14)(H,15,16,17);;/q;2*+1/p-2. The Morgan fingerprint density at radius 1 is 0.952 bits per heavy atom. The minimum absolute atomic E-state index is 0. The van der Waals surface area contributed by atoms with Gasteiger partial charge in [0.15, 0.2) is 0 Å². The molecule has 7 nitrogen and oxygen atoms in total. The average Bonchev–Trinajstić information content (AvgIpc) is 2.24. The first-order valence-electron chi connectivity index (χ1n) is 4.77. The van der Waals surface area contributed by atoms with E-state index in [2.05, 4.69) is 0 Å². The molecule has 0 saturated heterocycles. The van der Waals surface area contributed by atoms with E-state index in [0.717, 1.165) is 24.3 Å². The van der Waals surface area contributed by atoms with Crippen LogP contribution < -0.4 is 64.2 Å². The van der Waals surface area contributed by atoms with Crippen LogP contribution >= 0.6 is 0 Å². The van der Waals surface area contributed by atoms with E-state index >= 15 is 0 Å². The second-order valence-electron chi connectivity index (χ2n) is 3.73. The van der Waals surface area contributed by atoms with Crippen molar-refractivity contribution in [1.82, 2.24) is 0 Å². The van der Waals surface area contributed by atoms with Crippen molar-refractivity contribution in [2.75, 3.05) is 0 Å². The molecule has 0 aromatic heterocycles. The normalized spacial score (nSPS) is 11.5. The molecule has 0 aliphatic heterocycles. The summed E-state index contributed by atoms with van der Waals surface area (Å²) in [6, 6.07) is 4.52. The third kappa shape index (κ3) is 4.90. The molecule has 0 radical (unpaired) electrons. The van der Waals surface area contributed by atoms with Crippen molar-refractivity contribution in [3.8, 4) is 5.75 Å². The van der Waals surface area contributed by atoms with Gasteiger partial charge in [-0.25, -0.2) is 8.42 Å². The van der Waals surface area contributed by atoms with E-state index in [-0.39, 0.29) is 69.9 Å². The predicted molar refractivity (Wildman–Crippen MR) is 61.2 cm³/mol. The van der Waals surface area contributed by atoms with Crippen LogP contribution in [0.5, 0.6) is 5.75 Å². The molecule has 2 aromatic rings. The summed E-state index contributed by atoms with van der Waals surface area (Å²) in [5.74, 6) is -0.736. The van der Waals surface area contributed by atoms with E-state index in [1.807, 2.05) is 0 Å². The van der Waals surface area contributed by atoms with Crippen molar-refractivity contribution in [1.29, 1.82) is 0 Å².